The van der Waals surface area contributed by atoms with E-state index in [0.29, 0.717) is 0 Å². The monoisotopic (exact) mass is 256 g/mol. The van der Waals surface area contributed by atoms with E-state index in [2.05, 4.69) is 11.9 Å². The van der Waals surface area contributed by atoms with E-state index < -0.39 is 0 Å². The molecule has 1 atom stereocenters. The molecule has 0 aliphatic carbocycles. The molecule has 1 aromatic rings. The molecule has 3 nitrogen and oxygen atoms in total. The standard InChI is InChI=1S/C13H21ClN2O/c1-10(15)9-16(2)7-6-11-4-5-12(17-3)8-13(11)14/h4-5,8,10H,6-7,9,15H2,1-3H3. The Labute approximate surface area is 109 Å². The fourth-order valence-electron chi connectivity index (χ4n) is 1.75. The summed E-state index contributed by atoms with van der Waals surface area (Å²) in [6.45, 7) is 3.86. The first-order valence-electron chi connectivity index (χ1n) is 5.79. The normalized spacial score (nSPS) is 12.8. The van der Waals surface area contributed by atoms with E-state index in [1.807, 2.05) is 25.1 Å². The molecule has 0 aliphatic heterocycles. The van der Waals surface area contributed by atoms with Crippen molar-refractivity contribution in [1.29, 1.82) is 0 Å². The second-order valence-electron chi connectivity index (χ2n) is 4.45. The topological polar surface area (TPSA) is 38.5 Å². The molecule has 1 unspecified atom stereocenters. The molecule has 0 aliphatic rings. The van der Waals surface area contributed by atoms with Crippen LogP contribution in [0.2, 0.25) is 5.02 Å². The van der Waals surface area contributed by atoms with Crippen molar-refractivity contribution in [2.45, 2.75) is 19.4 Å². The molecule has 0 saturated carbocycles. The first kappa shape index (κ1) is 14.3. The fourth-order valence-corrected chi connectivity index (χ4v) is 2.02. The minimum absolute atomic E-state index is 0.200. The molecule has 0 heterocycles. The number of nitrogens with two attached hydrogens (primary N) is 1. The predicted octanol–water partition coefficient (Wildman–Crippen LogP) is 2.17. The molecule has 96 valence electrons. The average molecular weight is 257 g/mol. The van der Waals surface area contributed by atoms with Crippen molar-refractivity contribution >= 4 is 11.6 Å². The van der Waals surface area contributed by atoms with Crippen LogP contribution in [0, 0.1) is 0 Å². The van der Waals surface area contributed by atoms with Gasteiger partial charge in [0, 0.05) is 24.2 Å². The van der Waals surface area contributed by atoms with Crippen LogP contribution in [0.25, 0.3) is 0 Å². The number of likely N-dealkylation sites (N-methyl/N-ethyl adjacent to an activating group) is 1. The Kier molecular flexibility index (Phi) is 5.75. The lowest BCUT2D eigenvalue weighted by Crippen LogP contribution is -2.34. The van der Waals surface area contributed by atoms with Gasteiger partial charge in [0.05, 0.1) is 7.11 Å². The van der Waals surface area contributed by atoms with E-state index in [-0.39, 0.29) is 6.04 Å². The molecule has 0 amide bonds. The van der Waals surface area contributed by atoms with Crippen molar-refractivity contribution in [2.75, 3.05) is 27.2 Å². The molecular formula is C13H21ClN2O. The van der Waals surface area contributed by atoms with Crippen LogP contribution in [0.15, 0.2) is 18.2 Å². The second-order valence-corrected chi connectivity index (χ2v) is 4.85. The fraction of sp³-hybridized carbons (Fsp3) is 0.538. The van der Waals surface area contributed by atoms with Crippen LogP contribution >= 0.6 is 11.6 Å². The lowest BCUT2D eigenvalue weighted by molar-refractivity contribution is 0.321. The zero-order valence-corrected chi connectivity index (χ0v) is 11.5. The highest BCUT2D eigenvalue weighted by molar-refractivity contribution is 6.31. The summed E-state index contributed by atoms with van der Waals surface area (Å²) >= 11 is 6.17. The van der Waals surface area contributed by atoms with E-state index in [0.717, 1.165) is 35.8 Å². The number of benzene rings is 1. The Balaban J connectivity index is 2.51. The van der Waals surface area contributed by atoms with Gasteiger partial charge in [-0.3, -0.25) is 0 Å². The summed E-state index contributed by atoms with van der Waals surface area (Å²) in [6.07, 6.45) is 0.923. The van der Waals surface area contributed by atoms with E-state index in [1.165, 1.54) is 0 Å². The highest BCUT2D eigenvalue weighted by Gasteiger charge is 2.05. The maximum Gasteiger partial charge on any atom is 0.120 e. The first-order chi connectivity index (χ1) is 8.02. The smallest absolute Gasteiger partial charge is 0.120 e. The van der Waals surface area contributed by atoms with Gasteiger partial charge in [0.15, 0.2) is 0 Å². The third kappa shape index (κ3) is 4.94. The predicted molar refractivity (Wildman–Crippen MR) is 72.9 cm³/mol. The van der Waals surface area contributed by atoms with Gasteiger partial charge < -0.3 is 15.4 Å². The zero-order chi connectivity index (χ0) is 12.8. The Morgan fingerprint density at radius 1 is 1.47 bits per heavy atom. The molecule has 0 aromatic heterocycles. The summed E-state index contributed by atoms with van der Waals surface area (Å²) < 4.78 is 5.12. The Morgan fingerprint density at radius 2 is 2.18 bits per heavy atom. The molecule has 0 spiro atoms. The largest absolute Gasteiger partial charge is 0.497 e. The van der Waals surface area contributed by atoms with Gasteiger partial charge in [0.25, 0.3) is 0 Å². The maximum absolute atomic E-state index is 6.17. The van der Waals surface area contributed by atoms with Crippen molar-refractivity contribution in [2.24, 2.45) is 5.73 Å². The first-order valence-corrected chi connectivity index (χ1v) is 6.17. The Bertz CT molecular complexity index is 355. The Hall–Kier alpha value is -0.770. The number of hydrogen-bond donors (Lipinski definition) is 1. The molecule has 1 aromatic carbocycles. The summed E-state index contributed by atoms with van der Waals surface area (Å²) in [4.78, 5) is 2.21. The molecule has 0 saturated heterocycles. The van der Waals surface area contributed by atoms with E-state index in [9.17, 15) is 0 Å². The van der Waals surface area contributed by atoms with Crippen molar-refractivity contribution in [3.05, 3.63) is 28.8 Å². The van der Waals surface area contributed by atoms with Crippen LogP contribution < -0.4 is 10.5 Å². The van der Waals surface area contributed by atoms with Crippen molar-refractivity contribution in [3.8, 4) is 5.75 Å². The molecule has 0 fully saturated rings. The van der Waals surface area contributed by atoms with Crippen LogP contribution in [0.4, 0.5) is 0 Å². The number of halogens is 1. The van der Waals surface area contributed by atoms with Crippen LogP contribution in [-0.2, 0) is 6.42 Å². The average Bonchev–Trinajstić information content (AvgIpc) is 2.26. The SMILES string of the molecule is COc1ccc(CCN(C)CC(C)N)c(Cl)c1. The number of methoxy groups -OCH3 is 1. The van der Waals surface area contributed by atoms with Crippen molar-refractivity contribution < 1.29 is 4.74 Å². The molecule has 0 radical (unpaired) electrons. The van der Waals surface area contributed by atoms with Crippen LogP contribution in [0.5, 0.6) is 5.75 Å². The molecule has 17 heavy (non-hydrogen) atoms. The third-order valence-electron chi connectivity index (χ3n) is 2.62. The van der Waals surface area contributed by atoms with E-state index >= 15 is 0 Å². The summed E-state index contributed by atoms with van der Waals surface area (Å²) in [5.74, 6) is 0.794. The number of nitrogens with zero attached hydrogens (tertiary/aromatic N) is 1. The van der Waals surface area contributed by atoms with Gasteiger partial charge in [0.2, 0.25) is 0 Å². The maximum atomic E-state index is 6.17. The molecule has 1 rings (SSSR count). The Morgan fingerprint density at radius 3 is 2.71 bits per heavy atom. The molecule has 4 heteroatoms. The summed E-state index contributed by atoms with van der Waals surface area (Å²) in [5.41, 5.74) is 6.89. The lowest BCUT2D eigenvalue weighted by Gasteiger charge is -2.19. The van der Waals surface area contributed by atoms with Gasteiger partial charge in [0.1, 0.15) is 5.75 Å². The van der Waals surface area contributed by atoms with Gasteiger partial charge >= 0.3 is 0 Å². The number of ether oxygens (including phenoxy) is 1. The van der Waals surface area contributed by atoms with Crippen LogP contribution in [0.1, 0.15) is 12.5 Å². The van der Waals surface area contributed by atoms with Gasteiger partial charge in [-0.25, -0.2) is 0 Å². The van der Waals surface area contributed by atoms with Crippen molar-refractivity contribution in [1.82, 2.24) is 4.90 Å². The lowest BCUT2D eigenvalue weighted by atomic mass is 10.1. The third-order valence-corrected chi connectivity index (χ3v) is 2.97. The summed E-state index contributed by atoms with van der Waals surface area (Å²) in [6, 6.07) is 6.00. The number of rotatable bonds is 6. The molecular weight excluding hydrogens is 236 g/mol. The molecule has 2 N–H and O–H groups in total. The summed E-state index contributed by atoms with van der Waals surface area (Å²) in [7, 11) is 3.71. The van der Waals surface area contributed by atoms with Gasteiger partial charge in [-0.1, -0.05) is 17.7 Å². The quantitative estimate of drug-likeness (QED) is 0.848. The second kappa shape index (κ2) is 6.84. The zero-order valence-electron chi connectivity index (χ0n) is 10.7. The van der Waals surface area contributed by atoms with Crippen molar-refractivity contribution in [3.63, 3.8) is 0 Å². The van der Waals surface area contributed by atoms with Gasteiger partial charge in [-0.05, 0) is 38.1 Å². The minimum Gasteiger partial charge on any atom is -0.497 e. The van der Waals surface area contributed by atoms with Crippen LogP contribution in [0.3, 0.4) is 0 Å². The van der Waals surface area contributed by atoms with Gasteiger partial charge in [-0.2, -0.15) is 0 Å². The summed E-state index contributed by atoms with van der Waals surface area (Å²) in [5, 5.41) is 0.763. The highest BCUT2D eigenvalue weighted by atomic mass is 35.5. The van der Waals surface area contributed by atoms with E-state index in [4.69, 9.17) is 22.1 Å². The number of hydrogen-bond acceptors (Lipinski definition) is 3. The van der Waals surface area contributed by atoms with E-state index in [1.54, 1.807) is 7.11 Å². The van der Waals surface area contributed by atoms with Gasteiger partial charge in [-0.15, -0.1) is 0 Å². The minimum atomic E-state index is 0.200. The highest BCUT2D eigenvalue weighted by Crippen LogP contribution is 2.22. The van der Waals surface area contributed by atoms with Crippen LogP contribution in [-0.4, -0.2) is 38.2 Å². The molecule has 0 bridgehead atoms.